The number of hydrogen-bond acceptors (Lipinski definition) is 3. The first-order valence-electron chi connectivity index (χ1n) is 4.56. The van der Waals surface area contributed by atoms with Crippen molar-refractivity contribution < 1.29 is 18.0 Å². The summed E-state index contributed by atoms with van der Waals surface area (Å²) in [5.74, 6) is -0.620. The Bertz CT molecular complexity index is 477. The molecule has 1 N–H and O–H groups in total. The summed E-state index contributed by atoms with van der Waals surface area (Å²) >= 11 is 0. The smallest absolute Gasteiger partial charge is 0.339 e. The Hall–Kier alpha value is -2.10. The van der Waals surface area contributed by atoms with Crippen LogP contribution in [0.3, 0.4) is 0 Å². The lowest BCUT2D eigenvalue weighted by Gasteiger charge is -2.09. The van der Waals surface area contributed by atoms with Crippen LogP contribution in [0.2, 0.25) is 0 Å². The number of carbonyl (C=O) groups is 1. The third-order valence-electron chi connectivity index (χ3n) is 1.95. The predicted molar refractivity (Wildman–Crippen MR) is 51.9 cm³/mol. The van der Waals surface area contributed by atoms with E-state index in [2.05, 4.69) is 10.3 Å². The Morgan fingerprint density at radius 3 is 2.65 bits per heavy atom. The molecule has 0 bridgehead atoms. The van der Waals surface area contributed by atoms with Crippen LogP contribution in [-0.4, -0.2) is 17.4 Å². The number of aromatic nitrogens is 1. The van der Waals surface area contributed by atoms with Crippen LogP contribution in [0.25, 0.3) is 0 Å². The van der Waals surface area contributed by atoms with E-state index >= 15 is 0 Å². The molecule has 0 aliphatic heterocycles. The third-order valence-corrected chi connectivity index (χ3v) is 1.95. The molecule has 0 spiro atoms. The summed E-state index contributed by atoms with van der Waals surface area (Å²) in [4.78, 5) is 14.7. The highest BCUT2D eigenvalue weighted by Crippen LogP contribution is 2.28. The molecule has 0 radical (unpaired) electrons. The predicted octanol–water partition coefficient (Wildman–Crippen LogP) is 1.66. The van der Waals surface area contributed by atoms with E-state index in [-0.39, 0.29) is 17.8 Å². The molecular formula is C10H8F3N3O. The molecule has 17 heavy (non-hydrogen) atoms. The van der Waals surface area contributed by atoms with E-state index < -0.39 is 17.8 Å². The van der Waals surface area contributed by atoms with E-state index in [0.29, 0.717) is 0 Å². The van der Waals surface area contributed by atoms with E-state index in [0.717, 1.165) is 12.1 Å². The second-order valence-electron chi connectivity index (χ2n) is 3.17. The van der Waals surface area contributed by atoms with Crippen LogP contribution in [0.1, 0.15) is 21.7 Å². The number of amides is 1. The van der Waals surface area contributed by atoms with E-state index in [1.54, 1.807) is 6.07 Å². The zero-order valence-electron chi connectivity index (χ0n) is 8.80. The molecule has 0 aliphatic carbocycles. The fourth-order valence-corrected chi connectivity index (χ4v) is 1.17. The Morgan fingerprint density at radius 1 is 1.53 bits per heavy atom. The van der Waals surface area contributed by atoms with Crippen LogP contribution in [0.15, 0.2) is 12.1 Å². The fourth-order valence-electron chi connectivity index (χ4n) is 1.17. The molecule has 0 fully saturated rings. The zero-order valence-corrected chi connectivity index (χ0v) is 8.80. The molecule has 1 rings (SSSR count). The SMILES string of the molecule is Cc1nc(C(F)(F)F)ccc1C(=O)NCC#N. The third kappa shape index (κ3) is 3.17. The average molecular weight is 243 g/mol. The summed E-state index contributed by atoms with van der Waals surface area (Å²) in [5.41, 5.74) is -1.06. The fraction of sp³-hybridized carbons (Fsp3) is 0.300. The summed E-state index contributed by atoms with van der Waals surface area (Å²) in [6.07, 6.45) is -4.54. The number of halogens is 3. The number of carbonyl (C=O) groups excluding carboxylic acids is 1. The highest BCUT2D eigenvalue weighted by Gasteiger charge is 2.32. The Labute approximate surface area is 95.1 Å². The molecule has 1 amide bonds. The van der Waals surface area contributed by atoms with Crippen LogP contribution >= 0.6 is 0 Å². The Balaban J connectivity index is 2.99. The molecule has 1 aromatic heterocycles. The van der Waals surface area contributed by atoms with Gasteiger partial charge in [0.15, 0.2) is 0 Å². The van der Waals surface area contributed by atoms with Gasteiger partial charge in [-0.1, -0.05) is 0 Å². The van der Waals surface area contributed by atoms with E-state index in [1.807, 2.05) is 0 Å². The summed E-state index contributed by atoms with van der Waals surface area (Å²) in [7, 11) is 0. The molecular weight excluding hydrogens is 235 g/mol. The van der Waals surface area contributed by atoms with Gasteiger partial charge < -0.3 is 5.32 Å². The average Bonchev–Trinajstić information content (AvgIpc) is 2.24. The van der Waals surface area contributed by atoms with Gasteiger partial charge in [-0.3, -0.25) is 4.79 Å². The highest BCUT2D eigenvalue weighted by atomic mass is 19.4. The van der Waals surface area contributed by atoms with E-state index in [9.17, 15) is 18.0 Å². The van der Waals surface area contributed by atoms with Gasteiger partial charge in [-0.2, -0.15) is 18.4 Å². The Morgan fingerprint density at radius 2 is 2.18 bits per heavy atom. The van der Waals surface area contributed by atoms with Crippen molar-refractivity contribution in [2.24, 2.45) is 0 Å². The number of hydrogen-bond donors (Lipinski definition) is 1. The minimum Gasteiger partial charge on any atom is -0.339 e. The molecule has 1 heterocycles. The van der Waals surface area contributed by atoms with Crippen molar-refractivity contribution in [3.63, 3.8) is 0 Å². The van der Waals surface area contributed by atoms with Gasteiger partial charge in [0.1, 0.15) is 12.2 Å². The summed E-state index contributed by atoms with van der Waals surface area (Å²) < 4.78 is 36.9. The molecule has 0 aromatic carbocycles. The monoisotopic (exact) mass is 243 g/mol. The maximum Gasteiger partial charge on any atom is 0.433 e. The second-order valence-corrected chi connectivity index (χ2v) is 3.17. The minimum absolute atomic E-state index is 0.0215. The lowest BCUT2D eigenvalue weighted by molar-refractivity contribution is -0.141. The molecule has 1 aromatic rings. The number of rotatable bonds is 2. The molecule has 0 saturated carbocycles. The van der Waals surface area contributed by atoms with Crippen molar-refractivity contribution in [2.75, 3.05) is 6.54 Å². The highest BCUT2D eigenvalue weighted by molar-refractivity contribution is 5.95. The van der Waals surface area contributed by atoms with Crippen LogP contribution in [0.5, 0.6) is 0 Å². The van der Waals surface area contributed by atoms with Crippen LogP contribution in [0, 0.1) is 18.3 Å². The van der Waals surface area contributed by atoms with Crippen molar-refractivity contribution in [1.29, 1.82) is 5.26 Å². The number of aryl methyl sites for hydroxylation is 1. The number of nitriles is 1. The van der Waals surface area contributed by atoms with Gasteiger partial charge in [0.2, 0.25) is 0 Å². The van der Waals surface area contributed by atoms with Crippen LogP contribution in [-0.2, 0) is 6.18 Å². The molecule has 0 atom stereocenters. The summed E-state index contributed by atoms with van der Waals surface area (Å²) in [6.45, 7) is 1.09. The van der Waals surface area contributed by atoms with E-state index in [1.165, 1.54) is 6.92 Å². The molecule has 0 unspecified atom stereocenters. The summed E-state index contributed by atoms with van der Waals surface area (Å²) in [6, 6.07) is 3.46. The summed E-state index contributed by atoms with van der Waals surface area (Å²) in [5, 5.41) is 10.5. The normalized spacial score (nSPS) is 10.8. The first-order valence-corrected chi connectivity index (χ1v) is 4.56. The zero-order chi connectivity index (χ0) is 13.1. The van der Waals surface area contributed by atoms with Gasteiger partial charge in [-0.05, 0) is 19.1 Å². The number of alkyl halides is 3. The molecule has 4 nitrogen and oxygen atoms in total. The largest absolute Gasteiger partial charge is 0.433 e. The maximum absolute atomic E-state index is 12.3. The second kappa shape index (κ2) is 4.82. The van der Waals surface area contributed by atoms with Gasteiger partial charge in [-0.15, -0.1) is 0 Å². The molecule has 0 aliphatic rings. The number of nitrogens with zero attached hydrogens (tertiary/aromatic N) is 2. The van der Waals surface area contributed by atoms with Crippen molar-refractivity contribution >= 4 is 5.91 Å². The van der Waals surface area contributed by atoms with Crippen LogP contribution < -0.4 is 5.32 Å². The van der Waals surface area contributed by atoms with Gasteiger partial charge in [0.25, 0.3) is 5.91 Å². The minimum atomic E-state index is -4.54. The van der Waals surface area contributed by atoms with E-state index in [4.69, 9.17) is 5.26 Å². The lowest BCUT2D eigenvalue weighted by atomic mass is 10.1. The quantitative estimate of drug-likeness (QED) is 0.803. The maximum atomic E-state index is 12.3. The topological polar surface area (TPSA) is 65.8 Å². The lowest BCUT2D eigenvalue weighted by Crippen LogP contribution is -2.25. The van der Waals surface area contributed by atoms with Gasteiger partial charge in [0, 0.05) is 0 Å². The molecule has 90 valence electrons. The van der Waals surface area contributed by atoms with Crippen molar-refractivity contribution in [2.45, 2.75) is 13.1 Å². The van der Waals surface area contributed by atoms with Crippen molar-refractivity contribution in [1.82, 2.24) is 10.3 Å². The standard InChI is InChI=1S/C10H8F3N3O/c1-6-7(9(17)15-5-4-14)2-3-8(16-6)10(11,12)13/h2-3H,5H2,1H3,(H,15,17). The van der Waals surface area contributed by atoms with Gasteiger partial charge in [-0.25, -0.2) is 4.98 Å². The van der Waals surface area contributed by atoms with Crippen molar-refractivity contribution in [3.05, 3.63) is 29.1 Å². The molecule has 7 heteroatoms. The first-order chi connectivity index (χ1) is 7.86. The van der Waals surface area contributed by atoms with Crippen molar-refractivity contribution in [3.8, 4) is 6.07 Å². The molecule has 0 saturated heterocycles. The number of nitrogens with one attached hydrogen (secondary N) is 1. The first kappa shape index (κ1) is 13.0. The number of pyridine rings is 1. The van der Waals surface area contributed by atoms with Crippen LogP contribution in [0.4, 0.5) is 13.2 Å². The van der Waals surface area contributed by atoms with Gasteiger partial charge >= 0.3 is 6.18 Å². The Kier molecular flexibility index (Phi) is 3.68. The van der Waals surface area contributed by atoms with Gasteiger partial charge in [0.05, 0.1) is 17.3 Å².